The van der Waals surface area contributed by atoms with Crippen LogP contribution in [0.5, 0.6) is 5.75 Å². The maximum atomic E-state index is 8.92. The van der Waals surface area contributed by atoms with Crippen LogP contribution in [0.25, 0.3) is 0 Å². The number of hydrogen-bond donors (Lipinski definition) is 3. The van der Waals surface area contributed by atoms with Crippen molar-refractivity contribution in [1.82, 2.24) is 0 Å². The summed E-state index contributed by atoms with van der Waals surface area (Å²) in [6.45, 7) is 0.00782. The number of benzene rings is 1. The topological polar surface area (TPSA) is 40.5 Å². The van der Waals surface area contributed by atoms with Crippen LogP contribution in [-0.2, 0) is 0 Å². The van der Waals surface area contributed by atoms with Gasteiger partial charge in [-0.25, -0.2) is 0 Å². The van der Waals surface area contributed by atoms with Gasteiger partial charge in [0.1, 0.15) is 5.75 Å². The van der Waals surface area contributed by atoms with Gasteiger partial charge in [0, 0.05) is 5.25 Å². The van der Waals surface area contributed by atoms with E-state index < -0.39 is 0 Å². The molecule has 1 aromatic carbocycles. The Hall–Kier alpha value is -0.670. The molecular formula is C8H10O2S. The molecule has 11 heavy (non-hydrogen) atoms. The molecule has 2 nitrogen and oxygen atoms in total. The summed E-state index contributed by atoms with van der Waals surface area (Å²) in [6, 6.07) is 6.63. The second-order valence-electron chi connectivity index (χ2n) is 2.29. The molecule has 1 atom stereocenters. The molecule has 0 aliphatic rings. The first-order valence-electron chi connectivity index (χ1n) is 3.32. The van der Waals surface area contributed by atoms with Gasteiger partial charge in [0.25, 0.3) is 0 Å². The first kappa shape index (κ1) is 8.43. The Kier molecular flexibility index (Phi) is 2.79. The second-order valence-corrected chi connectivity index (χ2v) is 2.91. The second kappa shape index (κ2) is 3.64. The van der Waals surface area contributed by atoms with Crippen molar-refractivity contribution in [2.24, 2.45) is 0 Å². The Morgan fingerprint density at radius 3 is 2.27 bits per heavy atom. The molecular weight excluding hydrogens is 160 g/mol. The number of phenols is 1. The van der Waals surface area contributed by atoms with E-state index in [1.54, 1.807) is 24.3 Å². The Morgan fingerprint density at radius 2 is 1.82 bits per heavy atom. The minimum atomic E-state index is -0.157. The third kappa shape index (κ3) is 2.13. The van der Waals surface area contributed by atoms with Crippen molar-refractivity contribution in [2.45, 2.75) is 5.25 Å². The molecule has 0 saturated carbocycles. The number of aliphatic hydroxyl groups excluding tert-OH is 1. The van der Waals surface area contributed by atoms with E-state index in [0.717, 1.165) is 5.56 Å². The molecule has 1 aromatic rings. The lowest BCUT2D eigenvalue weighted by Crippen LogP contribution is -1.94. The van der Waals surface area contributed by atoms with Crippen LogP contribution in [-0.4, -0.2) is 16.8 Å². The minimum absolute atomic E-state index is 0.00782. The molecule has 2 N–H and O–H groups in total. The van der Waals surface area contributed by atoms with Gasteiger partial charge in [-0.15, -0.1) is 0 Å². The van der Waals surface area contributed by atoms with E-state index >= 15 is 0 Å². The summed E-state index contributed by atoms with van der Waals surface area (Å²) in [7, 11) is 0. The van der Waals surface area contributed by atoms with E-state index in [4.69, 9.17) is 10.2 Å². The zero-order valence-corrected chi connectivity index (χ0v) is 6.83. The number of aliphatic hydroxyl groups is 1. The first-order chi connectivity index (χ1) is 5.24. The Morgan fingerprint density at radius 1 is 1.27 bits per heavy atom. The van der Waals surface area contributed by atoms with Gasteiger partial charge in [-0.1, -0.05) is 12.1 Å². The van der Waals surface area contributed by atoms with Crippen LogP contribution in [0.1, 0.15) is 10.8 Å². The standard InChI is InChI=1S/C8H10O2S/c9-5-8(11)6-1-3-7(10)4-2-6/h1-4,8-11H,5H2. The monoisotopic (exact) mass is 170 g/mol. The number of aromatic hydroxyl groups is 1. The predicted molar refractivity (Wildman–Crippen MR) is 46.9 cm³/mol. The lowest BCUT2D eigenvalue weighted by molar-refractivity contribution is 0.297. The fraction of sp³-hybridized carbons (Fsp3) is 0.250. The number of rotatable bonds is 2. The van der Waals surface area contributed by atoms with Crippen LogP contribution in [0.4, 0.5) is 0 Å². The zero-order valence-electron chi connectivity index (χ0n) is 5.94. The molecule has 3 heteroatoms. The first-order valence-corrected chi connectivity index (χ1v) is 3.83. The molecule has 0 aromatic heterocycles. The van der Waals surface area contributed by atoms with E-state index in [9.17, 15) is 0 Å². The van der Waals surface area contributed by atoms with E-state index in [2.05, 4.69) is 12.6 Å². The van der Waals surface area contributed by atoms with Crippen molar-refractivity contribution in [3.63, 3.8) is 0 Å². The smallest absolute Gasteiger partial charge is 0.115 e. The SMILES string of the molecule is OCC(S)c1ccc(O)cc1. The van der Waals surface area contributed by atoms with E-state index in [-0.39, 0.29) is 17.6 Å². The molecule has 0 amide bonds. The highest BCUT2D eigenvalue weighted by atomic mass is 32.1. The quantitative estimate of drug-likeness (QED) is 0.586. The molecule has 0 radical (unpaired) electrons. The number of phenolic OH excluding ortho intramolecular Hbond substituents is 1. The highest BCUT2D eigenvalue weighted by Crippen LogP contribution is 2.20. The van der Waals surface area contributed by atoms with E-state index in [1.165, 1.54) is 0 Å². The van der Waals surface area contributed by atoms with Crippen molar-refractivity contribution in [2.75, 3.05) is 6.61 Å². The van der Waals surface area contributed by atoms with Crippen LogP contribution < -0.4 is 0 Å². The lowest BCUT2D eigenvalue weighted by Gasteiger charge is -2.06. The van der Waals surface area contributed by atoms with Gasteiger partial charge in [-0.2, -0.15) is 12.6 Å². The number of thiol groups is 1. The highest BCUT2D eigenvalue weighted by molar-refractivity contribution is 7.80. The van der Waals surface area contributed by atoms with Crippen LogP contribution in [0, 0.1) is 0 Å². The van der Waals surface area contributed by atoms with Crippen LogP contribution in [0.15, 0.2) is 24.3 Å². The molecule has 0 bridgehead atoms. The Labute approximate surface area is 70.9 Å². The van der Waals surface area contributed by atoms with Gasteiger partial charge in [0.15, 0.2) is 0 Å². The average molecular weight is 170 g/mol. The summed E-state index contributed by atoms with van der Waals surface area (Å²) in [4.78, 5) is 0. The lowest BCUT2D eigenvalue weighted by atomic mass is 10.1. The summed E-state index contributed by atoms with van der Waals surface area (Å²) in [5.74, 6) is 0.229. The fourth-order valence-corrected chi connectivity index (χ4v) is 0.974. The predicted octanol–water partition coefficient (Wildman–Crippen LogP) is 1.36. The van der Waals surface area contributed by atoms with E-state index in [0.29, 0.717) is 0 Å². The summed E-state index contributed by atoms with van der Waals surface area (Å²) < 4.78 is 0. The molecule has 1 unspecified atom stereocenters. The van der Waals surface area contributed by atoms with Crippen molar-refractivity contribution < 1.29 is 10.2 Å². The van der Waals surface area contributed by atoms with Gasteiger partial charge in [0.2, 0.25) is 0 Å². The van der Waals surface area contributed by atoms with Crippen molar-refractivity contribution in [1.29, 1.82) is 0 Å². The molecule has 0 spiro atoms. The largest absolute Gasteiger partial charge is 0.508 e. The van der Waals surface area contributed by atoms with Gasteiger partial charge in [-0.3, -0.25) is 0 Å². The molecule has 0 aliphatic heterocycles. The molecule has 0 aliphatic carbocycles. The Balaban J connectivity index is 2.81. The summed E-state index contributed by atoms with van der Waals surface area (Å²) in [5, 5.41) is 17.5. The molecule has 60 valence electrons. The van der Waals surface area contributed by atoms with Gasteiger partial charge < -0.3 is 10.2 Å². The van der Waals surface area contributed by atoms with Crippen LogP contribution in [0.2, 0.25) is 0 Å². The van der Waals surface area contributed by atoms with Crippen LogP contribution >= 0.6 is 12.6 Å². The maximum Gasteiger partial charge on any atom is 0.115 e. The van der Waals surface area contributed by atoms with Gasteiger partial charge in [-0.05, 0) is 17.7 Å². The summed E-state index contributed by atoms with van der Waals surface area (Å²) in [5.41, 5.74) is 0.911. The fourth-order valence-electron chi connectivity index (χ4n) is 0.802. The number of hydrogen-bond acceptors (Lipinski definition) is 3. The molecule has 0 heterocycles. The van der Waals surface area contributed by atoms with Crippen LogP contribution in [0.3, 0.4) is 0 Å². The summed E-state index contributed by atoms with van der Waals surface area (Å²) in [6.07, 6.45) is 0. The molecule has 1 rings (SSSR count). The van der Waals surface area contributed by atoms with E-state index in [1.807, 2.05) is 0 Å². The molecule has 0 saturated heterocycles. The van der Waals surface area contributed by atoms with Gasteiger partial charge in [0.05, 0.1) is 6.61 Å². The average Bonchev–Trinajstić information content (AvgIpc) is 2.05. The van der Waals surface area contributed by atoms with Crippen molar-refractivity contribution in [3.8, 4) is 5.75 Å². The van der Waals surface area contributed by atoms with Crippen molar-refractivity contribution in [3.05, 3.63) is 29.8 Å². The molecule has 0 fully saturated rings. The summed E-state index contributed by atoms with van der Waals surface area (Å²) >= 11 is 4.12. The third-order valence-corrected chi connectivity index (χ3v) is 1.91. The normalized spacial score (nSPS) is 12.9. The minimum Gasteiger partial charge on any atom is -0.508 e. The highest BCUT2D eigenvalue weighted by Gasteiger charge is 2.02. The Bertz CT molecular complexity index is 220. The third-order valence-electron chi connectivity index (χ3n) is 1.45. The zero-order chi connectivity index (χ0) is 8.27. The van der Waals surface area contributed by atoms with Gasteiger partial charge >= 0.3 is 0 Å². The maximum absolute atomic E-state index is 8.92. The van der Waals surface area contributed by atoms with Crippen molar-refractivity contribution >= 4 is 12.6 Å².